The summed E-state index contributed by atoms with van der Waals surface area (Å²) in [5.74, 6) is -0.423. The Morgan fingerprint density at radius 1 is 1.12 bits per heavy atom. The van der Waals surface area contributed by atoms with Crippen molar-refractivity contribution in [2.75, 3.05) is 26.4 Å². The number of rotatable bonds is 14. The van der Waals surface area contributed by atoms with Crippen molar-refractivity contribution in [2.45, 2.75) is 117 Å². The largest absolute Gasteiger partial charge is 0.470 e. The smallest absolute Gasteiger partial charge is 0.254 e. The van der Waals surface area contributed by atoms with Crippen LogP contribution in [0, 0.1) is 17.2 Å². The number of nitrogens with one attached hydrogen (secondary N) is 2. The van der Waals surface area contributed by atoms with Crippen LogP contribution >= 0.6 is 12.6 Å². The minimum Gasteiger partial charge on any atom is -0.470 e. The molecule has 2 heterocycles. The Labute approximate surface area is 297 Å². The van der Waals surface area contributed by atoms with Crippen LogP contribution in [0.5, 0.6) is 5.88 Å². The third kappa shape index (κ3) is 17.9. The fraction of sp³-hybridized carbons (Fsp3) is 0.657. The molecule has 13 nitrogen and oxygen atoms in total. The highest BCUT2D eigenvalue weighted by Gasteiger charge is 2.40. The van der Waals surface area contributed by atoms with Gasteiger partial charge in [0.2, 0.25) is 11.8 Å². The van der Waals surface area contributed by atoms with Crippen molar-refractivity contribution < 1.29 is 38.4 Å². The number of likely N-dealkylation sites (tertiary alicyclic amines) is 1. The Kier molecular flexibility index (Phi) is 19.5. The van der Waals surface area contributed by atoms with Gasteiger partial charge >= 0.3 is 0 Å². The van der Waals surface area contributed by atoms with Crippen LogP contribution in [0.4, 0.5) is 0 Å². The number of hydrogen-bond donors (Lipinski definition) is 4. The molecule has 0 aliphatic carbocycles. The standard InChI is InChI=1S/C27H36N4O6.C4H11NO2.C4H10S/c1-5-34-24(35-6-2)17-36-23-14-22(37-30-23)25(18(3)4)27(33)31-13-7-8-21(31)26(32)29-16-20-11-9-19(15-28)10-12-20;1-4(2,3)7-5-6;1-4(2,3)5/h9-12,14,18,21,24-25H,5-8,13,16-17H2,1-4H3,(H,29,32);5-6H,1-3H3;5H,1-3H3. The highest BCUT2D eigenvalue weighted by Crippen LogP contribution is 2.32. The van der Waals surface area contributed by atoms with Crippen molar-refractivity contribution >= 4 is 24.4 Å². The highest BCUT2D eigenvalue weighted by atomic mass is 32.1. The number of aromatic nitrogens is 1. The molecule has 0 radical (unpaired) electrons. The SMILES string of the molecule is CC(C)(C)ONO.CC(C)(C)S.CCOC(COc1cc(C(C(=O)N2CCCC2C(=O)NCc2ccc(C#N)cc2)C(C)C)on1)OCC. The Hall–Kier alpha value is -3.19. The monoisotopic (exact) mass is 707 g/mol. The van der Waals surface area contributed by atoms with Gasteiger partial charge in [0.15, 0.2) is 12.1 Å². The number of thiol groups is 1. The fourth-order valence-corrected chi connectivity index (χ4v) is 4.51. The van der Waals surface area contributed by atoms with Gasteiger partial charge in [0.1, 0.15) is 18.6 Å². The van der Waals surface area contributed by atoms with Crippen LogP contribution in [0.15, 0.2) is 34.9 Å². The van der Waals surface area contributed by atoms with Gasteiger partial charge in [-0.15, -0.1) is 0 Å². The summed E-state index contributed by atoms with van der Waals surface area (Å²) in [6.07, 6.45) is 0.814. The molecule has 276 valence electrons. The second kappa shape index (κ2) is 21.8. The fourth-order valence-electron chi connectivity index (χ4n) is 4.51. The molecule has 3 rings (SSSR count). The number of nitrogens with zero attached hydrogens (tertiary/aromatic N) is 3. The predicted molar refractivity (Wildman–Crippen MR) is 189 cm³/mol. The van der Waals surface area contributed by atoms with Crippen LogP contribution in [0.2, 0.25) is 0 Å². The minimum absolute atomic E-state index is 0.0872. The van der Waals surface area contributed by atoms with Gasteiger partial charge in [0.05, 0.1) is 17.2 Å². The van der Waals surface area contributed by atoms with E-state index in [0.717, 1.165) is 12.0 Å². The third-order valence-corrected chi connectivity index (χ3v) is 6.56. The maximum Gasteiger partial charge on any atom is 0.254 e. The molecular formula is C35H57N5O8S. The molecule has 1 aliphatic rings. The topological polar surface area (TPSA) is 168 Å². The number of benzene rings is 1. The van der Waals surface area contributed by atoms with Gasteiger partial charge in [-0.1, -0.05) is 52.4 Å². The maximum atomic E-state index is 13.6. The lowest BCUT2D eigenvalue weighted by Crippen LogP contribution is -2.47. The molecule has 0 bridgehead atoms. The summed E-state index contributed by atoms with van der Waals surface area (Å²) in [5.41, 5.74) is 2.74. The molecule has 2 amide bonds. The Morgan fingerprint density at radius 2 is 1.71 bits per heavy atom. The van der Waals surface area contributed by atoms with Crippen molar-refractivity contribution in [3.63, 3.8) is 0 Å². The Bertz CT molecular complexity index is 1270. The van der Waals surface area contributed by atoms with Gasteiger partial charge in [-0.3, -0.25) is 19.6 Å². The maximum absolute atomic E-state index is 13.6. The molecule has 0 spiro atoms. The first-order chi connectivity index (χ1) is 22.9. The van der Waals surface area contributed by atoms with Crippen LogP contribution in [0.1, 0.15) is 105 Å². The first-order valence-electron chi connectivity index (χ1n) is 16.6. The lowest BCUT2D eigenvalue weighted by Gasteiger charge is -2.28. The zero-order valence-electron chi connectivity index (χ0n) is 30.7. The van der Waals surface area contributed by atoms with E-state index >= 15 is 0 Å². The van der Waals surface area contributed by atoms with E-state index in [1.54, 1.807) is 40.9 Å². The van der Waals surface area contributed by atoms with Crippen LogP contribution in [-0.2, 0) is 30.4 Å². The molecule has 0 saturated carbocycles. The van der Waals surface area contributed by atoms with Crippen molar-refractivity contribution in [3.05, 3.63) is 47.2 Å². The number of hydrogen-bond acceptors (Lipinski definition) is 12. The first kappa shape index (κ1) is 43.8. The minimum atomic E-state index is -0.605. The number of nitriles is 1. The summed E-state index contributed by atoms with van der Waals surface area (Å²) in [6, 6.07) is 10.2. The number of carbonyl (C=O) groups excluding carboxylic acids is 2. The van der Waals surface area contributed by atoms with E-state index in [4.69, 9.17) is 29.2 Å². The summed E-state index contributed by atoms with van der Waals surface area (Å²) in [5, 5.41) is 23.8. The second-order valence-corrected chi connectivity index (χ2v) is 15.0. The van der Waals surface area contributed by atoms with Crippen molar-refractivity contribution in [1.82, 2.24) is 21.0 Å². The van der Waals surface area contributed by atoms with Gasteiger partial charge in [-0.2, -0.15) is 17.9 Å². The molecule has 1 saturated heterocycles. The molecule has 14 heteroatoms. The molecule has 1 aromatic carbocycles. The van der Waals surface area contributed by atoms with Crippen molar-refractivity contribution in [1.29, 1.82) is 5.26 Å². The van der Waals surface area contributed by atoms with Crippen LogP contribution in [0.25, 0.3) is 0 Å². The van der Waals surface area contributed by atoms with Crippen LogP contribution in [0.3, 0.4) is 0 Å². The van der Waals surface area contributed by atoms with Crippen molar-refractivity contribution in [3.8, 4) is 11.9 Å². The molecular weight excluding hydrogens is 650 g/mol. The van der Waals surface area contributed by atoms with Crippen LogP contribution in [-0.4, -0.2) is 76.1 Å². The summed E-state index contributed by atoms with van der Waals surface area (Å²) in [4.78, 5) is 32.8. The molecule has 1 fully saturated rings. The van der Waals surface area contributed by atoms with Gasteiger partial charge in [0, 0.05) is 37.1 Å². The lowest BCUT2D eigenvalue weighted by atomic mass is 9.91. The van der Waals surface area contributed by atoms with E-state index in [1.807, 2.05) is 48.5 Å². The lowest BCUT2D eigenvalue weighted by molar-refractivity contribution is -0.191. The zero-order valence-corrected chi connectivity index (χ0v) is 31.6. The van der Waals surface area contributed by atoms with Crippen LogP contribution < -0.4 is 15.7 Å². The first-order valence-corrected chi connectivity index (χ1v) is 17.1. The molecule has 3 N–H and O–H groups in total. The normalized spacial score (nSPS) is 15.1. The third-order valence-electron chi connectivity index (χ3n) is 6.56. The number of carbonyl (C=O) groups is 2. The molecule has 1 aliphatic heterocycles. The molecule has 1 aromatic heterocycles. The average molecular weight is 708 g/mol. The zero-order chi connectivity index (χ0) is 37.2. The van der Waals surface area contributed by atoms with E-state index in [-0.39, 0.29) is 40.6 Å². The quantitative estimate of drug-likeness (QED) is 0.107. The Balaban J connectivity index is 0.000000854. The van der Waals surface area contributed by atoms with Gasteiger partial charge in [-0.25, -0.2) is 0 Å². The van der Waals surface area contributed by atoms with Gasteiger partial charge in [0.25, 0.3) is 5.88 Å². The number of ether oxygens (including phenoxy) is 3. The predicted octanol–water partition coefficient (Wildman–Crippen LogP) is 5.78. The molecule has 2 unspecified atom stereocenters. The second-order valence-electron chi connectivity index (χ2n) is 13.6. The summed E-state index contributed by atoms with van der Waals surface area (Å²) >= 11 is 4.12. The highest BCUT2D eigenvalue weighted by molar-refractivity contribution is 7.81. The molecule has 2 atom stereocenters. The molecule has 49 heavy (non-hydrogen) atoms. The summed E-state index contributed by atoms with van der Waals surface area (Å²) < 4.78 is 22.3. The summed E-state index contributed by atoms with van der Waals surface area (Å²) in [6.45, 7) is 21.2. The van der Waals surface area contributed by atoms with Gasteiger partial charge in [-0.05, 0) is 76.2 Å². The van der Waals surface area contributed by atoms with E-state index in [9.17, 15) is 9.59 Å². The average Bonchev–Trinajstić information content (AvgIpc) is 3.68. The molecule has 2 aromatic rings. The van der Waals surface area contributed by atoms with E-state index in [1.165, 1.54) is 0 Å². The Morgan fingerprint density at radius 3 is 2.18 bits per heavy atom. The van der Waals surface area contributed by atoms with Gasteiger partial charge < -0.3 is 29.0 Å². The van der Waals surface area contributed by atoms with Crippen molar-refractivity contribution in [2.24, 2.45) is 5.92 Å². The van der Waals surface area contributed by atoms with E-state index < -0.39 is 18.2 Å². The van der Waals surface area contributed by atoms with E-state index in [0.29, 0.717) is 44.0 Å². The van der Waals surface area contributed by atoms with E-state index in [2.05, 4.69) is 54.8 Å². The number of amides is 2. The summed E-state index contributed by atoms with van der Waals surface area (Å²) in [7, 11) is 0.